The molecule has 1 amide bonds. The number of amides is 1. The van der Waals surface area contributed by atoms with Gasteiger partial charge in [0, 0.05) is 30.7 Å². The van der Waals surface area contributed by atoms with E-state index < -0.39 is 0 Å². The van der Waals surface area contributed by atoms with E-state index >= 15 is 0 Å². The van der Waals surface area contributed by atoms with E-state index in [2.05, 4.69) is 31.0 Å². The van der Waals surface area contributed by atoms with Gasteiger partial charge in [0.15, 0.2) is 0 Å². The number of benzene rings is 1. The van der Waals surface area contributed by atoms with Crippen LogP contribution in [0.4, 0.5) is 5.69 Å². The van der Waals surface area contributed by atoms with Gasteiger partial charge < -0.3 is 10.1 Å². The summed E-state index contributed by atoms with van der Waals surface area (Å²) in [6.45, 7) is 10.8. The summed E-state index contributed by atoms with van der Waals surface area (Å²) in [4.78, 5) is 15.0. The maximum absolute atomic E-state index is 12.5. The van der Waals surface area contributed by atoms with Crippen LogP contribution in [0.5, 0.6) is 5.75 Å². The standard InChI is InChI=1S/C22H34N2O2/c1-17-14-18(2)16-24(15-17)12-13-26-20-8-6-19(7-9-20)23-21(25)22(3)10-4-5-11-22/h6-9,17-18H,4-5,10-16H2,1-3H3,(H,23,25)/t17-,18-/m1/s1. The molecule has 1 aliphatic carbocycles. The highest BCUT2D eigenvalue weighted by Crippen LogP contribution is 2.38. The van der Waals surface area contributed by atoms with Crippen molar-refractivity contribution in [2.45, 2.75) is 52.9 Å². The number of rotatable bonds is 6. The molecule has 0 unspecified atom stereocenters. The molecule has 4 heteroatoms. The smallest absolute Gasteiger partial charge is 0.230 e. The van der Waals surface area contributed by atoms with Crippen LogP contribution in [-0.4, -0.2) is 37.0 Å². The number of piperidine rings is 1. The topological polar surface area (TPSA) is 41.6 Å². The van der Waals surface area contributed by atoms with Gasteiger partial charge in [-0.1, -0.05) is 33.6 Å². The maximum atomic E-state index is 12.5. The van der Waals surface area contributed by atoms with Crippen molar-refractivity contribution in [1.82, 2.24) is 4.90 Å². The minimum atomic E-state index is -0.197. The molecule has 0 bridgehead atoms. The third-order valence-corrected chi connectivity index (χ3v) is 5.99. The van der Waals surface area contributed by atoms with Gasteiger partial charge in [0.1, 0.15) is 12.4 Å². The first-order chi connectivity index (χ1) is 12.4. The van der Waals surface area contributed by atoms with Crippen LogP contribution in [-0.2, 0) is 4.79 Å². The highest BCUT2D eigenvalue weighted by atomic mass is 16.5. The zero-order valence-electron chi connectivity index (χ0n) is 16.6. The lowest BCUT2D eigenvalue weighted by molar-refractivity contribution is -0.124. The lowest BCUT2D eigenvalue weighted by Gasteiger charge is -2.34. The van der Waals surface area contributed by atoms with Crippen molar-refractivity contribution in [3.8, 4) is 5.75 Å². The number of ether oxygens (including phenoxy) is 1. The van der Waals surface area contributed by atoms with Crippen molar-refractivity contribution in [3.05, 3.63) is 24.3 Å². The van der Waals surface area contributed by atoms with Gasteiger partial charge in [-0.25, -0.2) is 0 Å². The highest BCUT2D eigenvalue weighted by Gasteiger charge is 2.36. The predicted molar refractivity (Wildman–Crippen MR) is 107 cm³/mol. The van der Waals surface area contributed by atoms with Crippen molar-refractivity contribution < 1.29 is 9.53 Å². The SMILES string of the molecule is C[C@@H]1C[C@@H](C)CN(CCOc2ccc(NC(=O)C3(C)CCCC3)cc2)C1. The van der Waals surface area contributed by atoms with Gasteiger partial charge in [-0.2, -0.15) is 0 Å². The van der Waals surface area contributed by atoms with E-state index in [1.807, 2.05) is 24.3 Å². The minimum absolute atomic E-state index is 0.150. The summed E-state index contributed by atoms with van der Waals surface area (Å²) in [5.74, 6) is 2.58. The molecule has 1 heterocycles. The lowest BCUT2D eigenvalue weighted by atomic mass is 9.88. The molecular formula is C22H34N2O2. The molecule has 144 valence electrons. The Kier molecular flexibility index (Phi) is 6.23. The molecule has 2 aliphatic rings. The van der Waals surface area contributed by atoms with Crippen LogP contribution in [0.2, 0.25) is 0 Å². The normalized spacial score (nSPS) is 25.8. The summed E-state index contributed by atoms with van der Waals surface area (Å²) >= 11 is 0. The molecule has 1 saturated carbocycles. The Morgan fingerprint density at radius 1 is 1.15 bits per heavy atom. The van der Waals surface area contributed by atoms with Crippen molar-refractivity contribution in [2.24, 2.45) is 17.3 Å². The molecule has 26 heavy (non-hydrogen) atoms. The van der Waals surface area contributed by atoms with Crippen LogP contribution in [0.25, 0.3) is 0 Å². The summed E-state index contributed by atoms with van der Waals surface area (Å²) in [7, 11) is 0. The van der Waals surface area contributed by atoms with Gasteiger partial charge in [0.05, 0.1) is 0 Å². The van der Waals surface area contributed by atoms with Gasteiger partial charge in [-0.3, -0.25) is 9.69 Å². The van der Waals surface area contributed by atoms with Crippen molar-refractivity contribution >= 4 is 11.6 Å². The summed E-state index contributed by atoms with van der Waals surface area (Å²) in [6, 6.07) is 7.79. The minimum Gasteiger partial charge on any atom is -0.492 e. The molecule has 1 N–H and O–H groups in total. The van der Waals surface area contributed by atoms with Gasteiger partial charge in [0.25, 0.3) is 0 Å². The fourth-order valence-corrected chi connectivity index (χ4v) is 4.57. The van der Waals surface area contributed by atoms with E-state index in [1.165, 1.54) is 19.5 Å². The fourth-order valence-electron chi connectivity index (χ4n) is 4.57. The van der Waals surface area contributed by atoms with Crippen LogP contribution in [0.15, 0.2) is 24.3 Å². The second-order valence-corrected chi connectivity index (χ2v) is 8.80. The van der Waals surface area contributed by atoms with Crippen LogP contribution in [0, 0.1) is 17.3 Å². The number of hydrogen-bond donors (Lipinski definition) is 1. The van der Waals surface area contributed by atoms with Crippen LogP contribution in [0.3, 0.4) is 0 Å². The second-order valence-electron chi connectivity index (χ2n) is 8.80. The third kappa shape index (κ3) is 5.00. The molecule has 3 rings (SSSR count). The molecule has 4 nitrogen and oxygen atoms in total. The molecule has 2 fully saturated rings. The number of nitrogens with one attached hydrogen (secondary N) is 1. The first-order valence-corrected chi connectivity index (χ1v) is 10.2. The largest absolute Gasteiger partial charge is 0.492 e. The van der Waals surface area contributed by atoms with E-state index in [0.29, 0.717) is 6.61 Å². The first kappa shape index (κ1) is 19.2. The van der Waals surface area contributed by atoms with Crippen LogP contribution in [0.1, 0.15) is 52.9 Å². The molecule has 0 spiro atoms. The zero-order valence-corrected chi connectivity index (χ0v) is 16.6. The fraction of sp³-hybridized carbons (Fsp3) is 0.682. The Morgan fingerprint density at radius 3 is 2.38 bits per heavy atom. The summed E-state index contributed by atoms with van der Waals surface area (Å²) in [5, 5.41) is 3.07. The Bertz CT molecular complexity index is 583. The summed E-state index contributed by atoms with van der Waals surface area (Å²) in [5.41, 5.74) is 0.659. The average molecular weight is 359 g/mol. The van der Waals surface area contributed by atoms with Gasteiger partial charge >= 0.3 is 0 Å². The maximum Gasteiger partial charge on any atom is 0.230 e. The quantitative estimate of drug-likeness (QED) is 0.810. The molecule has 0 radical (unpaired) electrons. The van der Waals surface area contributed by atoms with Crippen molar-refractivity contribution in [2.75, 3.05) is 31.6 Å². The van der Waals surface area contributed by atoms with Crippen molar-refractivity contribution in [1.29, 1.82) is 0 Å². The zero-order chi connectivity index (χ0) is 18.6. The Morgan fingerprint density at radius 2 is 1.77 bits per heavy atom. The van der Waals surface area contributed by atoms with Gasteiger partial charge in [-0.05, 0) is 55.4 Å². The number of hydrogen-bond acceptors (Lipinski definition) is 3. The second kappa shape index (κ2) is 8.43. The van der Waals surface area contributed by atoms with E-state index in [-0.39, 0.29) is 11.3 Å². The number of carbonyl (C=O) groups excluding carboxylic acids is 1. The number of nitrogens with zero attached hydrogens (tertiary/aromatic N) is 1. The van der Waals surface area contributed by atoms with E-state index in [9.17, 15) is 4.79 Å². The van der Waals surface area contributed by atoms with E-state index in [0.717, 1.165) is 55.5 Å². The molecule has 2 atom stereocenters. The predicted octanol–water partition coefficient (Wildman–Crippen LogP) is 4.56. The van der Waals surface area contributed by atoms with Crippen LogP contribution >= 0.6 is 0 Å². The number of carbonyl (C=O) groups is 1. The third-order valence-electron chi connectivity index (χ3n) is 5.99. The molecule has 1 saturated heterocycles. The summed E-state index contributed by atoms with van der Waals surface area (Å²) < 4.78 is 5.90. The highest BCUT2D eigenvalue weighted by molar-refractivity contribution is 5.95. The van der Waals surface area contributed by atoms with E-state index in [1.54, 1.807) is 0 Å². The molecular weight excluding hydrogens is 324 g/mol. The Labute approximate surface area is 158 Å². The van der Waals surface area contributed by atoms with Crippen LogP contribution < -0.4 is 10.1 Å². The summed E-state index contributed by atoms with van der Waals surface area (Å²) in [6.07, 6.45) is 5.64. The van der Waals surface area contributed by atoms with E-state index in [4.69, 9.17) is 4.74 Å². The Balaban J connectivity index is 1.43. The molecule has 1 aliphatic heterocycles. The number of likely N-dealkylation sites (tertiary alicyclic amines) is 1. The number of anilines is 1. The molecule has 0 aromatic heterocycles. The van der Waals surface area contributed by atoms with Crippen molar-refractivity contribution in [3.63, 3.8) is 0 Å². The molecule has 1 aromatic rings. The Hall–Kier alpha value is -1.55. The van der Waals surface area contributed by atoms with Gasteiger partial charge in [-0.15, -0.1) is 0 Å². The first-order valence-electron chi connectivity index (χ1n) is 10.2. The average Bonchev–Trinajstić information content (AvgIpc) is 3.04. The molecule has 1 aromatic carbocycles. The van der Waals surface area contributed by atoms with Gasteiger partial charge in [0.2, 0.25) is 5.91 Å². The lowest BCUT2D eigenvalue weighted by Crippen LogP contribution is -2.40. The monoisotopic (exact) mass is 358 g/mol.